The van der Waals surface area contributed by atoms with Gasteiger partial charge in [0.25, 0.3) is 0 Å². The van der Waals surface area contributed by atoms with Crippen LogP contribution in [0.2, 0.25) is 0 Å². The van der Waals surface area contributed by atoms with Crippen molar-refractivity contribution in [3.05, 3.63) is 29.1 Å². The minimum Gasteiger partial charge on any atom is -0.351 e. The van der Waals surface area contributed by atoms with E-state index in [0.717, 1.165) is 0 Å². The van der Waals surface area contributed by atoms with Crippen molar-refractivity contribution >= 4 is 6.08 Å². The number of aromatic nitrogens is 1. The Morgan fingerprint density at radius 3 is 2.00 bits per heavy atom. The van der Waals surface area contributed by atoms with Gasteiger partial charge < -0.3 is 4.98 Å². The second kappa shape index (κ2) is 2.94. The van der Waals surface area contributed by atoms with Crippen molar-refractivity contribution in [3.8, 4) is 0 Å². The molecule has 0 radical (unpaired) electrons. The molecule has 0 spiro atoms. The summed E-state index contributed by atoms with van der Waals surface area (Å²) in [5, 5.41) is 0. The Hall–Kier alpha value is -1.19. The Balaban J connectivity index is 3.33. The van der Waals surface area contributed by atoms with Crippen molar-refractivity contribution in [3.63, 3.8) is 0 Å². The molecule has 0 aromatic carbocycles. The Kier molecular flexibility index (Phi) is 2.24. The molecule has 0 bridgehead atoms. The van der Waals surface area contributed by atoms with Crippen molar-refractivity contribution in [2.45, 2.75) is 20.0 Å². The Bertz CT molecular complexity index is 333. The topological polar surface area (TPSA) is 15.8 Å². The van der Waals surface area contributed by atoms with Gasteiger partial charge in [-0.05, 0) is 31.1 Å². The number of hydrogen-bond donors (Lipinski definition) is 1. The first kappa shape index (κ1) is 9.89. The quantitative estimate of drug-likeness (QED) is 0.697. The van der Waals surface area contributed by atoms with E-state index >= 15 is 0 Å². The third-order valence-electron chi connectivity index (χ3n) is 2.09. The highest BCUT2D eigenvalue weighted by Crippen LogP contribution is 2.33. The summed E-state index contributed by atoms with van der Waals surface area (Å²) in [7, 11) is 0. The first-order valence-electron chi connectivity index (χ1n) is 3.76. The second-order valence-corrected chi connectivity index (χ2v) is 2.87. The Morgan fingerprint density at radius 1 is 1.23 bits per heavy atom. The van der Waals surface area contributed by atoms with Crippen LogP contribution in [0.4, 0.5) is 13.2 Å². The molecule has 1 aromatic rings. The Labute approximate surface area is 74.3 Å². The third-order valence-corrected chi connectivity index (χ3v) is 2.09. The highest BCUT2D eigenvalue weighted by Gasteiger charge is 2.35. The highest BCUT2D eigenvalue weighted by molar-refractivity contribution is 5.52. The van der Waals surface area contributed by atoms with Gasteiger partial charge in [0.2, 0.25) is 0 Å². The van der Waals surface area contributed by atoms with Gasteiger partial charge in [-0.15, -0.1) is 0 Å². The van der Waals surface area contributed by atoms with Crippen LogP contribution < -0.4 is 0 Å². The number of H-pyrrole nitrogens is 1. The lowest BCUT2D eigenvalue weighted by Gasteiger charge is -2.04. The number of hydrogen-bond acceptors (Lipinski definition) is 0. The fourth-order valence-electron chi connectivity index (χ4n) is 1.20. The summed E-state index contributed by atoms with van der Waals surface area (Å²) in [6.45, 7) is 6.51. The molecule has 13 heavy (non-hydrogen) atoms. The predicted molar refractivity (Wildman–Crippen MR) is 45.4 cm³/mol. The normalized spacial score (nSPS) is 11.8. The minimum atomic E-state index is -4.31. The van der Waals surface area contributed by atoms with Crippen LogP contribution >= 0.6 is 0 Å². The molecule has 1 N–H and O–H groups in total. The molecular weight excluding hydrogens is 179 g/mol. The summed E-state index contributed by atoms with van der Waals surface area (Å²) in [6.07, 6.45) is -2.92. The maximum absolute atomic E-state index is 12.3. The van der Waals surface area contributed by atoms with Gasteiger partial charge in [0.05, 0.1) is 0 Å². The van der Waals surface area contributed by atoms with E-state index in [1.807, 2.05) is 0 Å². The van der Waals surface area contributed by atoms with Crippen LogP contribution in [0.5, 0.6) is 0 Å². The molecule has 1 aromatic heterocycles. The van der Waals surface area contributed by atoms with Gasteiger partial charge in [0.1, 0.15) is 5.69 Å². The van der Waals surface area contributed by atoms with Gasteiger partial charge in [-0.1, -0.05) is 6.58 Å². The van der Waals surface area contributed by atoms with Crippen molar-refractivity contribution in [2.24, 2.45) is 0 Å². The van der Waals surface area contributed by atoms with E-state index < -0.39 is 11.9 Å². The molecule has 0 atom stereocenters. The number of rotatable bonds is 1. The molecule has 0 unspecified atom stereocenters. The first-order chi connectivity index (χ1) is 5.88. The summed E-state index contributed by atoms with van der Waals surface area (Å²) in [4.78, 5) is 2.30. The lowest BCUT2D eigenvalue weighted by molar-refractivity contribution is -0.141. The molecule has 0 aliphatic heterocycles. The van der Waals surface area contributed by atoms with Crippen molar-refractivity contribution in [1.82, 2.24) is 4.98 Å². The van der Waals surface area contributed by atoms with Crippen LogP contribution in [0, 0.1) is 13.8 Å². The van der Waals surface area contributed by atoms with Crippen molar-refractivity contribution < 1.29 is 13.2 Å². The average Bonchev–Trinajstić information content (AvgIpc) is 2.28. The van der Waals surface area contributed by atoms with Gasteiger partial charge in [0.15, 0.2) is 0 Å². The minimum absolute atomic E-state index is 0.238. The molecule has 0 fully saturated rings. The molecule has 1 nitrogen and oxygen atoms in total. The van der Waals surface area contributed by atoms with Gasteiger partial charge in [-0.25, -0.2) is 0 Å². The van der Waals surface area contributed by atoms with Crippen LogP contribution in [-0.4, -0.2) is 4.98 Å². The zero-order valence-corrected chi connectivity index (χ0v) is 7.42. The van der Waals surface area contributed by atoms with Crippen LogP contribution in [0.3, 0.4) is 0 Å². The summed E-state index contributed by atoms with van der Waals surface area (Å²) in [5.74, 6) is 0. The summed E-state index contributed by atoms with van der Waals surface area (Å²) < 4.78 is 36.9. The van der Waals surface area contributed by atoms with Crippen LogP contribution in [0.15, 0.2) is 6.58 Å². The smallest absolute Gasteiger partial charge is 0.351 e. The molecule has 0 saturated heterocycles. The standard InChI is InChI=1S/C9H10F3N/c1-4-7-5(2)6(3)8(13-7)9(10,11)12/h4,13H,1H2,2-3H3. The summed E-state index contributed by atoms with van der Waals surface area (Å²) >= 11 is 0. The van der Waals surface area contributed by atoms with Crippen LogP contribution in [0.25, 0.3) is 6.08 Å². The zero-order chi connectivity index (χ0) is 10.2. The maximum Gasteiger partial charge on any atom is 0.431 e. The first-order valence-corrected chi connectivity index (χ1v) is 3.76. The van der Waals surface area contributed by atoms with Gasteiger partial charge in [0, 0.05) is 5.69 Å². The molecule has 0 aliphatic carbocycles. The molecule has 0 aliphatic rings. The lowest BCUT2D eigenvalue weighted by Crippen LogP contribution is -2.07. The van der Waals surface area contributed by atoms with E-state index in [1.54, 1.807) is 6.92 Å². The second-order valence-electron chi connectivity index (χ2n) is 2.87. The molecule has 0 saturated carbocycles. The number of nitrogens with one attached hydrogen (secondary N) is 1. The molecular formula is C9H10F3N. The van der Waals surface area contributed by atoms with Crippen LogP contribution in [-0.2, 0) is 6.18 Å². The predicted octanol–water partition coefficient (Wildman–Crippen LogP) is 3.29. The summed E-state index contributed by atoms with van der Waals surface area (Å²) in [6, 6.07) is 0. The number of halogens is 3. The fraction of sp³-hybridized carbons (Fsp3) is 0.333. The monoisotopic (exact) mass is 189 g/mol. The molecule has 4 heteroatoms. The molecule has 1 rings (SSSR count). The fourth-order valence-corrected chi connectivity index (χ4v) is 1.20. The van der Waals surface area contributed by atoms with E-state index in [4.69, 9.17) is 0 Å². The maximum atomic E-state index is 12.3. The zero-order valence-electron chi connectivity index (χ0n) is 7.42. The lowest BCUT2D eigenvalue weighted by atomic mass is 10.1. The molecule has 0 amide bonds. The summed E-state index contributed by atoms with van der Waals surface area (Å²) in [5.41, 5.74) is 0.592. The highest BCUT2D eigenvalue weighted by atomic mass is 19.4. The van der Waals surface area contributed by atoms with Gasteiger partial charge in [-0.2, -0.15) is 13.2 Å². The SMILES string of the molecule is C=Cc1[nH]c(C(F)(F)F)c(C)c1C. The van der Waals surface area contributed by atoms with E-state index in [2.05, 4.69) is 11.6 Å². The van der Waals surface area contributed by atoms with E-state index in [-0.39, 0.29) is 5.56 Å². The molecule has 72 valence electrons. The van der Waals surface area contributed by atoms with Gasteiger partial charge >= 0.3 is 6.18 Å². The van der Waals surface area contributed by atoms with E-state index in [0.29, 0.717) is 11.3 Å². The third kappa shape index (κ3) is 1.61. The van der Waals surface area contributed by atoms with E-state index in [9.17, 15) is 13.2 Å². The largest absolute Gasteiger partial charge is 0.431 e. The van der Waals surface area contributed by atoms with E-state index in [1.165, 1.54) is 13.0 Å². The van der Waals surface area contributed by atoms with Crippen LogP contribution in [0.1, 0.15) is 22.5 Å². The molecule has 1 heterocycles. The van der Waals surface area contributed by atoms with Crippen molar-refractivity contribution in [2.75, 3.05) is 0 Å². The number of aromatic amines is 1. The Morgan fingerprint density at radius 2 is 1.77 bits per heavy atom. The van der Waals surface area contributed by atoms with Crippen molar-refractivity contribution in [1.29, 1.82) is 0 Å². The van der Waals surface area contributed by atoms with Gasteiger partial charge in [-0.3, -0.25) is 0 Å². The average molecular weight is 189 g/mol. The number of alkyl halides is 3.